The molecule has 0 fully saturated rings. The first-order chi connectivity index (χ1) is 9.72. The van der Waals surface area contributed by atoms with Crippen molar-refractivity contribution >= 4 is 5.97 Å². The minimum absolute atomic E-state index is 0.118. The van der Waals surface area contributed by atoms with Gasteiger partial charge in [0.05, 0.1) is 19.5 Å². The minimum Gasteiger partial charge on any atom is -0.464 e. The standard InChI is InChI=1S/C15H16N2O3/c1-3-4-11-5-7-12(8-6-11)20-14-10-16-9-13(17-14)15(18)19-2/h5-10H,3-4H2,1-2H3. The zero-order chi connectivity index (χ0) is 14.4. The Kier molecular flexibility index (Phi) is 4.65. The molecule has 2 rings (SSSR count). The smallest absolute Gasteiger partial charge is 0.358 e. The molecule has 0 atom stereocenters. The molecule has 5 heteroatoms. The lowest BCUT2D eigenvalue weighted by molar-refractivity contribution is 0.0592. The average molecular weight is 272 g/mol. The number of nitrogens with zero attached hydrogens (tertiary/aromatic N) is 2. The number of aryl methyl sites for hydroxylation is 1. The van der Waals surface area contributed by atoms with Gasteiger partial charge in [0, 0.05) is 0 Å². The van der Waals surface area contributed by atoms with Crippen LogP contribution in [0.4, 0.5) is 0 Å². The van der Waals surface area contributed by atoms with Crippen molar-refractivity contribution in [3.8, 4) is 11.6 Å². The Bertz CT molecular complexity index is 582. The first kappa shape index (κ1) is 14.0. The van der Waals surface area contributed by atoms with Gasteiger partial charge in [-0.1, -0.05) is 25.5 Å². The lowest BCUT2D eigenvalue weighted by Gasteiger charge is -2.06. The third kappa shape index (κ3) is 3.54. The lowest BCUT2D eigenvalue weighted by Crippen LogP contribution is -2.05. The Morgan fingerprint density at radius 2 is 1.95 bits per heavy atom. The summed E-state index contributed by atoms with van der Waals surface area (Å²) in [4.78, 5) is 19.3. The quantitative estimate of drug-likeness (QED) is 0.783. The largest absolute Gasteiger partial charge is 0.464 e. The number of hydrogen-bond acceptors (Lipinski definition) is 5. The van der Waals surface area contributed by atoms with Gasteiger partial charge in [-0.3, -0.25) is 4.98 Å². The fourth-order valence-corrected chi connectivity index (χ4v) is 1.73. The number of hydrogen-bond donors (Lipinski definition) is 0. The number of benzene rings is 1. The summed E-state index contributed by atoms with van der Waals surface area (Å²) in [5.74, 6) is 0.374. The van der Waals surface area contributed by atoms with Crippen LogP contribution in [-0.4, -0.2) is 23.0 Å². The second-order valence-electron chi connectivity index (χ2n) is 4.23. The molecule has 1 aromatic carbocycles. The number of carbonyl (C=O) groups is 1. The van der Waals surface area contributed by atoms with E-state index in [2.05, 4.69) is 21.6 Å². The van der Waals surface area contributed by atoms with E-state index in [4.69, 9.17) is 4.74 Å². The molecule has 0 bridgehead atoms. The van der Waals surface area contributed by atoms with Gasteiger partial charge in [0.1, 0.15) is 5.75 Å². The monoisotopic (exact) mass is 272 g/mol. The van der Waals surface area contributed by atoms with Crippen molar-refractivity contribution in [3.63, 3.8) is 0 Å². The zero-order valence-electron chi connectivity index (χ0n) is 11.5. The molecule has 1 heterocycles. The molecule has 0 saturated heterocycles. The Morgan fingerprint density at radius 3 is 2.60 bits per heavy atom. The molecular weight excluding hydrogens is 256 g/mol. The Balaban J connectivity index is 2.11. The predicted octanol–water partition coefficient (Wildman–Crippen LogP) is 3.01. The van der Waals surface area contributed by atoms with Gasteiger partial charge >= 0.3 is 5.97 Å². The van der Waals surface area contributed by atoms with E-state index in [-0.39, 0.29) is 11.6 Å². The molecule has 0 amide bonds. The number of esters is 1. The minimum atomic E-state index is -0.541. The molecule has 0 aliphatic carbocycles. The molecule has 0 radical (unpaired) electrons. The summed E-state index contributed by atoms with van der Waals surface area (Å²) in [6, 6.07) is 7.77. The number of methoxy groups -OCH3 is 1. The van der Waals surface area contributed by atoms with Crippen molar-refractivity contribution in [1.82, 2.24) is 9.97 Å². The summed E-state index contributed by atoms with van der Waals surface area (Å²) in [6.07, 6.45) is 4.93. The zero-order valence-corrected chi connectivity index (χ0v) is 11.5. The Labute approximate surface area is 117 Å². The third-order valence-corrected chi connectivity index (χ3v) is 2.69. The second kappa shape index (κ2) is 6.65. The van der Waals surface area contributed by atoms with Crippen molar-refractivity contribution in [2.24, 2.45) is 0 Å². The highest BCUT2D eigenvalue weighted by molar-refractivity contribution is 5.86. The molecule has 104 valence electrons. The molecule has 0 spiro atoms. The summed E-state index contributed by atoms with van der Waals surface area (Å²) in [5.41, 5.74) is 1.38. The molecule has 0 aliphatic heterocycles. The van der Waals surface area contributed by atoms with Crippen LogP contribution in [0.3, 0.4) is 0 Å². The second-order valence-corrected chi connectivity index (χ2v) is 4.23. The van der Waals surface area contributed by atoms with Crippen LogP contribution >= 0.6 is 0 Å². The molecular formula is C15H16N2O3. The van der Waals surface area contributed by atoms with Gasteiger partial charge in [-0.25, -0.2) is 9.78 Å². The highest BCUT2D eigenvalue weighted by Crippen LogP contribution is 2.20. The van der Waals surface area contributed by atoms with Gasteiger partial charge < -0.3 is 9.47 Å². The van der Waals surface area contributed by atoms with E-state index in [9.17, 15) is 4.79 Å². The maximum atomic E-state index is 11.4. The van der Waals surface area contributed by atoms with Gasteiger partial charge in [0.25, 0.3) is 0 Å². The predicted molar refractivity (Wildman–Crippen MR) is 73.9 cm³/mol. The molecule has 0 aliphatic rings. The number of ether oxygens (including phenoxy) is 2. The molecule has 0 saturated carbocycles. The topological polar surface area (TPSA) is 61.3 Å². The number of rotatable bonds is 5. The van der Waals surface area contributed by atoms with Gasteiger partial charge in [-0.15, -0.1) is 0 Å². The van der Waals surface area contributed by atoms with Crippen LogP contribution in [-0.2, 0) is 11.2 Å². The molecule has 0 unspecified atom stereocenters. The summed E-state index contributed by atoms with van der Waals surface area (Å²) in [7, 11) is 1.30. The maximum Gasteiger partial charge on any atom is 0.358 e. The first-order valence-corrected chi connectivity index (χ1v) is 6.40. The molecule has 20 heavy (non-hydrogen) atoms. The van der Waals surface area contributed by atoms with Crippen molar-refractivity contribution in [1.29, 1.82) is 0 Å². The normalized spacial score (nSPS) is 10.1. The van der Waals surface area contributed by atoms with Crippen LogP contribution in [0, 0.1) is 0 Å². The van der Waals surface area contributed by atoms with Crippen LogP contribution in [0.5, 0.6) is 11.6 Å². The van der Waals surface area contributed by atoms with Gasteiger partial charge in [0.2, 0.25) is 5.88 Å². The fraction of sp³-hybridized carbons (Fsp3) is 0.267. The van der Waals surface area contributed by atoms with Gasteiger partial charge in [0.15, 0.2) is 5.69 Å². The van der Waals surface area contributed by atoms with E-state index in [1.54, 1.807) is 0 Å². The van der Waals surface area contributed by atoms with Crippen LogP contribution in [0.2, 0.25) is 0 Å². The molecule has 1 aromatic heterocycles. The van der Waals surface area contributed by atoms with Crippen molar-refractivity contribution in [3.05, 3.63) is 47.9 Å². The van der Waals surface area contributed by atoms with Crippen LogP contribution < -0.4 is 4.74 Å². The van der Waals surface area contributed by atoms with Crippen molar-refractivity contribution in [2.45, 2.75) is 19.8 Å². The SMILES string of the molecule is CCCc1ccc(Oc2cncc(C(=O)OC)n2)cc1. The lowest BCUT2D eigenvalue weighted by atomic mass is 10.1. The molecule has 5 nitrogen and oxygen atoms in total. The van der Waals surface area contributed by atoms with Crippen LogP contribution in [0.15, 0.2) is 36.7 Å². The summed E-state index contributed by atoms with van der Waals surface area (Å²) in [6.45, 7) is 2.14. The molecule has 2 aromatic rings. The fourth-order valence-electron chi connectivity index (χ4n) is 1.73. The third-order valence-electron chi connectivity index (χ3n) is 2.69. The Morgan fingerprint density at radius 1 is 1.20 bits per heavy atom. The summed E-state index contributed by atoms with van der Waals surface area (Å²) < 4.78 is 10.2. The van der Waals surface area contributed by atoms with E-state index < -0.39 is 5.97 Å². The van der Waals surface area contributed by atoms with E-state index in [0.29, 0.717) is 5.75 Å². The highest BCUT2D eigenvalue weighted by Gasteiger charge is 2.09. The van der Waals surface area contributed by atoms with E-state index in [0.717, 1.165) is 12.8 Å². The average Bonchev–Trinajstić information content (AvgIpc) is 2.49. The summed E-state index contributed by atoms with van der Waals surface area (Å²) in [5, 5.41) is 0. The Hall–Kier alpha value is -2.43. The van der Waals surface area contributed by atoms with E-state index in [1.165, 1.54) is 25.1 Å². The maximum absolute atomic E-state index is 11.4. The molecule has 0 N–H and O–H groups in total. The van der Waals surface area contributed by atoms with Crippen LogP contribution in [0.1, 0.15) is 29.4 Å². The van der Waals surface area contributed by atoms with Crippen LogP contribution in [0.25, 0.3) is 0 Å². The van der Waals surface area contributed by atoms with Gasteiger partial charge in [-0.05, 0) is 24.1 Å². The van der Waals surface area contributed by atoms with E-state index in [1.807, 2.05) is 24.3 Å². The van der Waals surface area contributed by atoms with Crippen molar-refractivity contribution in [2.75, 3.05) is 7.11 Å². The van der Waals surface area contributed by atoms with E-state index >= 15 is 0 Å². The number of aromatic nitrogens is 2. The number of carbonyl (C=O) groups excluding carboxylic acids is 1. The van der Waals surface area contributed by atoms with Crippen molar-refractivity contribution < 1.29 is 14.3 Å². The highest BCUT2D eigenvalue weighted by atomic mass is 16.5. The summed E-state index contributed by atoms with van der Waals surface area (Å²) >= 11 is 0. The van der Waals surface area contributed by atoms with Gasteiger partial charge in [-0.2, -0.15) is 0 Å². The first-order valence-electron chi connectivity index (χ1n) is 6.40.